The SMILES string of the molecule is COC(=O)c1c(C)nc2c(c1N)CCS2. The van der Waals surface area contributed by atoms with Gasteiger partial charge in [-0.15, -0.1) is 11.8 Å². The monoisotopic (exact) mass is 224 g/mol. The lowest BCUT2D eigenvalue weighted by atomic mass is 10.1. The molecule has 0 atom stereocenters. The highest BCUT2D eigenvalue weighted by Crippen LogP contribution is 2.36. The van der Waals surface area contributed by atoms with Crippen molar-refractivity contribution < 1.29 is 9.53 Å². The quantitative estimate of drug-likeness (QED) is 0.730. The summed E-state index contributed by atoms with van der Waals surface area (Å²) in [5.41, 5.74) is 8.55. The third-order valence-corrected chi connectivity index (χ3v) is 3.48. The molecule has 0 amide bonds. The molecule has 0 fully saturated rings. The fourth-order valence-corrected chi connectivity index (χ4v) is 2.79. The van der Waals surface area contributed by atoms with E-state index in [-0.39, 0.29) is 0 Å². The molecule has 4 nitrogen and oxygen atoms in total. The van der Waals surface area contributed by atoms with Gasteiger partial charge >= 0.3 is 5.97 Å². The zero-order valence-corrected chi connectivity index (χ0v) is 9.48. The molecule has 0 aliphatic carbocycles. The number of nitrogens with zero attached hydrogens (tertiary/aromatic N) is 1. The predicted octanol–water partition coefficient (Wildman–Crippen LogP) is 1.41. The first kappa shape index (κ1) is 10.3. The topological polar surface area (TPSA) is 65.2 Å². The zero-order valence-electron chi connectivity index (χ0n) is 8.66. The van der Waals surface area contributed by atoms with Gasteiger partial charge in [-0.1, -0.05) is 0 Å². The van der Waals surface area contributed by atoms with Crippen molar-refractivity contribution in [2.24, 2.45) is 0 Å². The van der Waals surface area contributed by atoms with E-state index in [0.29, 0.717) is 16.9 Å². The Morgan fingerprint density at radius 1 is 1.60 bits per heavy atom. The maximum atomic E-state index is 11.5. The van der Waals surface area contributed by atoms with Crippen LogP contribution < -0.4 is 5.73 Å². The Bertz CT molecular complexity index is 432. The number of hydrogen-bond donors (Lipinski definition) is 1. The molecule has 0 aromatic carbocycles. The molecule has 0 bridgehead atoms. The summed E-state index contributed by atoms with van der Waals surface area (Å²) in [5.74, 6) is 0.577. The number of carbonyl (C=O) groups excluding carboxylic acids is 1. The minimum Gasteiger partial charge on any atom is -0.465 e. The van der Waals surface area contributed by atoms with Crippen LogP contribution in [0.3, 0.4) is 0 Å². The van der Waals surface area contributed by atoms with Crippen LogP contribution in [-0.4, -0.2) is 23.8 Å². The van der Waals surface area contributed by atoms with Gasteiger partial charge < -0.3 is 10.5 Å². The Morgan fingerprint density at radius 3 is 3.00 bits per heavy atom. The van der Waals surface area contributed by atoms with E-state index in [1.807, 2.05) is 0 Å². The second kappa shape index (κ2) is 3.73. The van der Waals surface area contributed by atoms with Crippen LogP contribution >= 0.6 is 11.8 Å². The fourth-order valence-electron chi connectivity index (χ4n) is 1.71. The molecule has 1 aromatic heterocycles. The number of methoxy groups -OCH3 is 1. The van der Waals surface area contributed by atoms with Crippen LogP contribution in [0, 0.1) is 6.92 Å². The van der Waals surface area contributed by atoms with Crippen molar-refractivity contribution in [3.05, 3.63) is 16.8 Å². The number of ether oxygens (including phenoxy) is 1. The maximum absolute atomic E-state index is 11.5. The number of rotatable bonds is 1. The minimum atomic E-state index is -0.405. The maximum Gasteiger partial charge on any atom is 0.341 e. The number of thioether (sulfide) groups is 1. The molecule has 15 heavy (non-hydrogen) atoms. The lowest BCUT2D eigenvalue weighted by Gasteiger charge is -2.10. The van der Waals surface area contributed by atoms with E-state index in [2.05, 4.69) is 4.98 Å². The van der Waals surface area contributed by atoms with E-state index in [1.54, 1.807) is 18.7 Å². The molecule has 2 rings (SSSR count). The molecule has 2 heterocycles. The van der Waals surface area contributed by atoms with E-state index in [4.69, 9.17) is 10.5 Å². The molecule has 2 N–H and O–H groups in total. The number of hydrogen-bond acceptors (Lipinski definition) is 5. The van der Waals surface area contributed by atoms with Crippen LogP contribution in [0.15, 0.2) is 5.03 Å². The van der Waals surface area contributed by atoms with E-state index >= 15 is 0 Å². The zero-order chi connectivity index (χ0) is 11.0. The third kappa shape index (κ3) is 1.56. The molecule has 0 saturated carbocycles. The molecule has 80 valence electrons. The summed E-state index contributed by atoms with van der Waals surface area (Å²) in [6.45, 7) is 1.78. The number of carbonyl (C=O) groups is 1. The molecule has 0 unspecified atom stereocenters. The van der Waals surface area contributed by atoms with E-state index in [1.165, 1.54) is 7.11 Å². The second-order valence-corrected chi connectivity index (χ2v) is 4.44. The first-order valence-electron chi connectivity index (χ1n) is 4.65. The normalized spacial score (nSPS) is 13.7. The van der Waals surface area contributed by atoms with E-state index in [0.717, 1.165) is 22.8 Å². The molecule has 0 saturated heterocycles. The number of pyridine rings is 1. The van der Waals surface area contributed by atoms with Gasteiger partial charge in [0.2, 0.25) is 0 Å². The van der Waals surface area contributed by atoms with E-state index in [9.17, 15) is 4.79 Å². The van der Waals surface area contributed by atoms with E-state index < -0.39 is 5.97 Å². The Morgan fingerprint density at radius 2 is 2.33 bits per heavy atom. The molecular formula is C10H12N2O2S. The molecular weight excluding hydrogens is 212 g/mol. The average molecular weight is 224 g/mol. The molecule has 5 heteroatoms. The first-order chi connectivity index (χ1) is 7.15. The summed E-state index contributed by atoms with van der Waals surface area (Å²) in [6.07, 6.45) is 0.878. The minimum absolute atomic E-state index is 0.405. The van der Waals surface area contributed by atoms with Gasteiger partial charge in [0.1, 0.15) is 10.6 Å². The highest BCUT2D eigenvalue weighted by Gasteiger charge is 2.24. The second-order valence-electron chi connectivity index (χ2n) is 3.36. The largest absolute Gasteiger partial charge is 0.465 e. The summed E-state index contributed by atoms with van der Waals surface area (Å²) < 4.78 is 4.69. The summed E-state index contributed by atoms with van der Waals surface area (Å²) in [7, 11) is 1.35. The molecule has 0 spiro atoms. The highest BCUT2D eigenvalue weighted by molar-refractivity contribution is 7.99. The molecule has 1 aliphatic heterocycles. The number of fused-ring (bicyclic) bond motifs is 1. The third-order valence-electron chi connectivity index (χ3n) is 2.46. The van der Waals surface area contributed by atoms with Gasteiger partial charge in [0.05, 0.1) is 18.5 Å². The smallest absolute Gasteiger partial charge is 0.341 e. The van der Waals surface area contributed by atoms with Gasteiger partial charge in [-0.3, -0.25) is 0 Å². The van der Waals surface area contributed by atoms with Crippen LogP contribution in [0.25, 0.3) is 0 Å². The van der Waals surface area contributed by atoms with Crippen LogP contribution in [0.1, 0.15) is 21.6 Å². The lowest BCUT2D eigenvalue weighted by molar-refractivity contribution is 0.0600. The van der Waals surface area contributed by atoms with Crippen molar-refractivity contribution in [3.63, 3.8) is 0 Å². The van der Waals surface area contributed by atoms with Crippen molar-refractivity contribution >= 4 is 23.4 Å². The van der Waals surface area contributed by atoms with Crippen molar-refractivity contribution in [1.82, 2.24) is 4.98 Å². The number of aryl methyl sites for hydroxylation is 1. The predicted molar refractivity (Wildman–Crippen MR) is 59.2 cm³/mol. The number of nitrogen functional groups attached to an aromatic ring is 1. The van der Waals surface area contributed by atoms with Gasteiger partial charge in [-0.05, 0) is 13.3 Å². The standard InChI is InChI=1S/C10H12N2O2S/c1-5-7(10(13)14-2)8(11)6-3-4-15-9(6)12-5/h3-4H2,1-2H3,(H2,11,12). The molecule has 1 aliphatic rings. The van der Waals surface area contributed by atoms with Crippen LogP contribution in [0.4, 0.5) is 5.69 Å². The van der Waals surface area contributed by atoms with Gasteiger partial charge in [0, 0.05) is 11.3 Å². The number of nitrogens with two attached hydrogens (primary N) is 1. The van der Waals surface area contributed by atoms with Gasteiger partial charge in [-0.25, -0.2) is 9.78 Å². The molecule has 0 radical (unpaired) electrons. The Balaban J connectivity index is 2.61. The van der Waals surface area contributed by atoms with Crippen LogP contribution in [0.5, 0.6) is 0 Å². The number of esters is 1. The Labute approximate surface area is 92.2 Å². The Kier molecular flexibility index (Phi) is 2.56. The van der Waals surface area contributed by atoms with Crippen LogP contribution in [0.2, 0.25) is 0 Å². The summed E-state index contributed by atoms with van der Waals surface area (Å²) >= 11 is 1.68. The molecule has 1 aromatic rings. The number of anilines is 1. The number of aromatic nitrogens is 1. The van der Waals surface area contributed by atoms with Crippen LogP contribution in [-0.2, 0) is 11.2 Å². The van der Waals surface area contributed by atoms with Crippen molar-refractivity contribution in [3.8, 4) is 0 Å². The lowest BCUT2D eigenvalue weighted by Crippen LogP contribution is -2.11. The fraction of sp³-hybridized carbons (Fsp3) is 0.400. The first-order valence-corrected chi connectivity index (χ1v) is 5.63. The van der Waals surface area contributed by atoms with Crippen molar-refractivity contribution in [2.45, 2.75) is 18.4 Å². The van der Waals surface area contributed by atoms with Gasteiger partial charge in [0.25, 0.3) is 0 Å². The van der Waals surface area contributed by atoms with Gasteiger partial charge in [-0.2, -0.15) is 0 Å². The van der Waals surface area contributed by atoms with Gasteiger partial charge in [0.15, 0.2) is 0 Å². The Hall–Kier alpha value is -1.23. The van der Waals surface area contributed by atoms with Crippen molar-refractivity contribution in [2.75, 3.05) is 18.6 Å². The summed E-state index contributed by atoms with van der Waals surface area (Å²) in [4.78, 5) is 15.9. The summed E-state index contributed by atoms with van der Waals surface area (Å²) in [5, 5.41) is 0.956. The van der Waals surface area contributed by atoms with Crippen molar-refractivity contribution in [1.29, 1.82) is 0 Å². The average Bonchev–Trinajstić information content (AvgIpc) is 2.65. The highest BCUT2D eigenvalue weighted by atomic mass is 32.2. The summed E-state index contributed by atoms with van der Waals surface area (Å²) in [6, 6.07) is 0.